The third-order valence-electron chi connectivity index (χ3n) is 5.36. The van der Waals surface area contributed by atoms with Crippen LogP contribution in [-0.2, 0) is 11.4 Å². The molecule has 1 saturated heterocycles. The van der Waals surface area contributed by atoms with Crippen molar-refractivity contribution in [1.29, 1.82) is 0 Å². The number of aryl methyl sites for hydroxylation is 2. The molecule has 1 aliphatic rings. The number of aliphatic imine (C=N–C) groups is 1. The third-order valence-corrected chi connectivity index (χ3v) is 8.32. The van der Waals surface area contributed by atoms with Crippen LogP contribution in [0.1, 0.15) is 22.3 Å². The van der Waals surface area contributed by atoms with E-state index in [-0.39, 0.29) is 18.2 Å². The maximum absolute atomic E-state index is 12.6. The molecule has 1 heterocycles. The minimum atomic E-state index is -0.440. The first kappa shape index (κ1) is 27.1. The molecule has 3 aromatic rings. The number of ether oxygens (including phenoxy) is 2. The van der Waals surface area contributed by atoms with Gasteiger partial charge in [-0.15, -0.1) is 0 Å². The number of hydrogen-bond donors (Lipinski definition) is 1. The Morgan fingerprint density at radius 1 is 1.19 bits per heavy atom. The fraction of sp³-hybridized carbons (Fsp3) is 0.154. The second-order valence-electron chi connectivity index (χ2n) is 8.13. The molecule has 1 aliphatic heterocycles. The number of rotatable bonds is 7. The molecule has 11 heteroatoms. The lowest BCUT2D eigenvalue weighted by Gasteiger charge is -2.14. The van der Waals surface area contributed by atoms with Crippen molar-refractivity contribution in [2.24, 2.45) is 4.99 Å². The number of carbonyl (C=O) groups excluding carboxylic acids is 1. The van der Waals surface area contributed by atoms with E-state index in [1.54, 1.807) is 24.3 Å². The van der Waals surface area contributed by atoms with Crippen molar-refractivity contribution in [1.82, 2.24) is 5.32 Å². The fourth-order valence-corrected chi connectivity index (χ4v) is 5.47. The summed E-state index contributed by atoms with van der Waals surface area (Å²) >= 11 is 6.96. The van der Waals surface area contributed by atoms with E-state index in [1.165, 1.54) is 31.0 Å². The van der Waals surface area contributed by atoms with E-state index < -0.39 is 4.92 Å². The number of thioether (sulfide) groups is 1. The number of nitrogens with one attached hydrogen (secondary N) is 1. The Bertz CT molecular complexity index is 1450. The van der Waals surface area contributed by atoms with Crippen LogP contribution in [0.4, 0.5) is 11.4 Å². The Balaban J connectivity index is 1.54. The largest absolute Gasteiger partial charge is 0.493 e. The standard InChI is InChI=1S/C26H21BrIN3O5S/c1-14-7-18(8-15(2)23(14)27)29-26-30-25(32)22(37-26)12-17-10-20(28)24(21(11-17)35-3)36-13-16-5-4-6-19(9-16)31(33)34/h4-12H,13H2,1-3H3,(H,29,30,32)/b22-12-. The van der Waals surface area contributed by atoms with Crippen LogP contribution in [0.25, 0.3) is 6.08 Å². The molecule has 4 rings (SSSR count). The Hall–Kier alpha value is -2.90. The predicted molar refractivity (Wildman–Crippen MR) is 158 cm³/mol. The van der Waals surface area contributed by atoms with E-state index in [9.17, 15) is 14.9 Å². The molecular formula is C26H21BrIN3O5S. The summed E-state index contributed by atoms with van der Waals surface area (Å²) in [5.41, 5.74) is 4.34. The number of nitro benzene ring substituents is 1. The highest BCUT2D eigenvalue weighted by atomic mass is 127. The highest BCUT2D eigenvalue weighted by Gasteiger charge is 2.24. The second kappa shape index (κ2) is 11.7. The van der Waals surface area contributed by atoms with Crippen LogP contribution in [0.15, 0.2) is 62.9 Å². The molecule has 190 valence electrons. The highest BCUT2D eigenvalue weighted by molar-refractivity contribution is 14.1. The summed E-state index contributed by atoms with van der Waals surface area (Å²) in [5.74, 6) is 0.778. The molecule has 8 nitrogen and oxygen atoms in total. The average Bonchev–Trinajstić information content (AvgIpc) is 3.19. The first-order valence-electron chi connectivity index (χ1n) is 10.9. The molecule has 0 spiro atoms. The summed E-state index contributed by atoms with van der Waals surface area (Å²) in [5, 5.41) is 14.4. The molecule has 0 aromatic heterocycles. The van der Waals surface area contributed by atoms with Crippen LogP contribution < -0.4 is 14.8 Å². The zero-order chi connectivity index (χ0) is 26.7. The molecule has 37 heavy (non-hydrogen) atoms. The van der Waals surface area contributed by atoms with Crippen LogP contribution in [-0.4, -0.2) is 23.1 Å². The lowest BCUT2D eigenvalue weighted by molar-refractivity contribution is -0.384. The maximum atomic E-state index is 12.6. The zero-order valence-corrected chi connectivity index (χ0v) is 24.6. The van der Waals surface area contributed by atoms with Gasteiger partial charge in [-0.3, -0.25) is 14.9 Å². The van der Waals surface area contributed by atoms with Crippen LogP contribution in [0.2, 0.25) is 0 Å². The van der Waals surface area contributed by atoms with Gasteiger partial charge in [-0.2, -0.15) is 0 Å². The van der Waals surface area contributed by atoms with Crippen molar-refractivity contribution in [3.05, 3.63) is 93.8 Å². The Morgan fingerprint density at radius 3 is 2.59 bits per heavy atom. The Labute approximate surface area is 240 Å². The minimum absolute atomic E-state index is 0.00499. The summed E-state index contributed by atoms with van der Waals surface area (Å²) in [6.45, 7) is 4.14. The first-order valence-corrected chi connectivity index (χ1v) is 13.6. The van der Waals surface area contributed by atoms with Gasteiger partial charge in [0.15, 0.2) is 16.7 Å². The average molecular weight is 694 g/mol. The Morgan fingerprint density at radius 2 is 1.92 bits per heavy atom. The lowest BCUT2D eigenvalue weighted by Crippen LogP contribution is -2.19. The van der Waals surface area contributed by atoms with Crippen LogP contribution >= 0.6 is 50.3 Å². The first-order chi connectivity index (χ1) is 17.6. The summed E-state index contributed by atoms with van der Waals surface area (Å²) in [6, 6.07) is 13.9. The maximum Gasteiger partial charge on any atom is 0.269 e. The molecule has 0 bridgehead atoms. The molecular weight excluding hydrogens is 673 g/mol. The third kappa shape index (κ3) is 6.51. The van der Waals surface area contributed by atoms with Crippen molar-refractivity contribution in [2.75, 3.05) is 7.11 Å². The van der Waals surface area contributed by atoms with E-state index >= 15 is 0 Å². The van der Waals surface area contributed by atoms with Crippen molar-refractivity contribution in [3.63, 3.8) is 0 Å². The second-order valence-corrected chi connectivity index (χ2v) is 11.1. The molecule has 1 N–H and O–H groups in total. The van der Waals surface area contributed by atoms with Gasteiger partial charge in [-0.25, -0.2) is 4.99 Å². The number of halogens is 2. The van der Waals surface area contributed by atoms with Gasteiger partial charge >= 0.3 is 0 Å². The topological polar surface area (TPSA) is 103 Å². The highest BCUT2D eigenvalue weighted by Crippen LogP contribution is 2.37. The summed E-state index contributed by atoms with van der Waals surface area (Å²) in [6.07, 6.45) is 1.77. The molecule has 0 radical (unpaired) electrons. The van der Waals surface area contributed by atoms with E-state index in [2.05, 4.69) is 48.8 Å². The van der Waals surface area contributed by atoms with Gasteiger partial charge < -0.3 is 14.8 Å². The zero-order valence-electron chi connectivity index (χ0n) is 20.0. The van der Waals surface area contributed by atoms with Crippen molar-refractivity contribution in [2.45, 2.75) is 20.5 Å². The van der Waals surface area contributed by atoms with Gasteiger partial charge in [-0.1, -0.05) is 28.1 Å². The summed E-state index contributed by atoms with van der Waals surface area (Å²) in [7, 11) is 1.53. The lowest BCUT2D eigenvalue weighted by atomic mass is 10.1. The molecule has 0 saturated carbocycles. The predicted octanol–water partition coefficient (Wildman–Crippen LogP) is 7.06. The quantitative estimate of drug-likeness (QED) is 0.123. The normalized spacial score (nSPS) is 15.2. The van der Waals surface area contributed by atoms with E-state index in [1.807, 2.05) is 32.0 Å². The number of hydrogen-bond acceptors (Lipinski definition) is 7. The van der Waals surface area contributed by atoms with Crippen LogP contribution in [0.5, 0.6) is 11.5 Å². The van der Waals surface area contributed by atoms with Gasteiger partial charge in [-0.05, 0) is 101 Å². The number of non-ortho nitro benzene ring substituents is 1. The van der Waals surface area contributed by atoms with Gasteiger partial charge in [0.2, 0.25) is 0 Å². The molecule has 1 fully saturated rings. The molecule has 0 atom stereocenters. The Kier molecular flexibility index (Phi) is 8.55. The number of nitro groups is 1. The van der Waals surface area contributed by atoms with Crippen LogP contribution in [0, 0.1) is 27.5 Å². The van der Waals surface area contributed by atoms with Gasteiger partial charge in [0.1, 0.15) is 6.61 Å². The van der Waals surface area contributed by atoms with Crippen molar-refractivity contribution >= 4 is 78.8 Å². The van der Waals surface area contributed by atoms with E-state index in [0.29, 0.717) is 27.1 Å². The molecule has 0 unspecified atom stereocenters. The van der Waals surface area contributed by atoms with Gasteiger partial charge in [0.25, 0.3) is 11.6 Å². The van der Waals surface area contributed by atoms with E-state index in [4.69, 9.17) is 9.47 Å². The van der Waals surface area contributed by atoms with Crippen LogP contribution in [0.3, 0.4) is 0 Å². The summed E-state index contributed by atoms with van der Waals surface area (Å²) < 4.78 is 13.3. The summed E-state index contributed by atoms with van der Waals surface area (Å²) in [4.78, 5) is 28.3. The number of carbonyl (C=O) groups is 1. The van der Waals surface area contributed by atoms with Crippen molar-refractivity contribution in [3.8, 4) is 11.5 Å². The minimum Gasteiger partial charge on any atom is -0.493 e. The fourth-order valence-electron chi connectivity index (χ4n) is 3.62. The number of amides is 1. The molecule has 0 aliphatic carbocycles. The van der Waals surface area contributed by atoms with Crippen molar-refractivity contribution < 1.29 is 19.2 Å². The number of benzene rings is 3. The monoisotopic (exact) mass is 693 g/mol. The van der Waals surface area contributed by atoms with Gasteiger partial charge in [0, 0.05) is 16.6 Å². The smallest absolute Gasteiger partial charge is 0.269 e. The molecule has 3 aromatic carbocycles. The SMILES string of the molecule is COc1cc(/C=C2\SC(=Nc3cc(C)c(Br)c(C)c3)NC2=O)cc(I)c1OCc1cccc([N+](=O)[O-])c1. The van der Waals surface area contributed by atoms with Gasteiger partial charge in [0.05, 0.1) is 26.2 Å². The number of nitrogens with zero attached hydrogens (tertiary/aromatic N) is 2. The van der Waals surface area contributed by atoms with E-state index in [0.717, 1.165) is 30.4 Å². The number of methoxy groups -OCH3 is 1. The number of amidine groups is 1. The molecule has 1 amide bonds.